The van der Waals surface area contributed by atoms with Crippen LogP contribution in [0.5, 0.6) is 0 Å². The number of carbonyl (C=O) groups excluding carboxylic acids is 1. The first kappa shape index (κ1) is 12.2. The summed E-state index contributed by atoms with van der Waals surface area (Å²) in [7, 11) is 0. The number of aliphatic hydroxyl groups is 1. The van der Waals surface area contributed by atoms with Crippen LogP contribution in [-0.2, 0) is 9.53 Å². The summed E-state index contributed by atoms with van der Waals surface area (Å²) in [5.41, 5.74) is 1.03. The minimum absolute atomic E-state index is 0.167. The van der Waals surface area contributed by atoms with Gasteiger partial charge in [-0.1, -0.05) is 12.5 Å². The van der Waals surface area contributed by atoms with Crippen LogP contribution in [0.1, 0.15) is 33.1 Å². The number of rotatable bonds is 6. The fraction of sp³-hybridized carbons (Fsp3) is 0.700. The lowest BCUT2D eigenvalue weighted by Gasteiger charge is -2.02. The van der Waals surface area contributed by atoms with Gasteiger partial charge in [0.25, 0.3) is 0 Å². The maximum absolute atomic E-state index is 11.0. The van der Waals surface area contributed by atoms with Crippen molar-refractivity contribution in [1.82, 2.24) is 0 Å². The van der Waals surface area contributed by atoms with E-state index in [2.05, 4.69) is 0 Å². The largest absolute Gasteiger partial charge is 0.463 e. The molecule has 3 heteroatoms. The molecule has 0 unspecified atom stereocenters. The van der Waals surface area contributed by atoms with Crippen molar-refractivity contribution in [3.8, 4) is 0 Å². The summed E-state index contributed by atoms with van der Waals surface area (Å²) in [5, 5.41) is 8.60. The maximum atomic E-state index is 11.0. The summed E-state index contributed by atoms with van der Waals surface area (Å²) in [5.74, 6) is -0.280. The summed E-state index contributed by atoms with van der Waals surface area (Å²) in [6.07, 6.45) is 3.84. The third kappa shape index (κ3) is 6.34. The van der Waals surface area contributed by atoms with Crippen LogP contribution >= 0.6 is 0 Å². The first-order valence-corrected chi connectivity index (χ1v) is 4.71. The molecule has 0 aliphatic heterocycles. The van der Waals surface area contributed by atoms with E-state index in [1.54, 1.807) is 6.92 Å². The standard InChI is InChI=1S/C10H18O3/c1-3-9(6-5-7-11)8-10(12)13-4-2/h8,11H,3-7H2,1-2H3/b9-8+. The normalized spacial score (nSPS) is 11.5. The van der Waals surface area contributed by atoms with E-state index in [1.165, 1.54) is 6.08 Å². The van der Waals surface area contributed by atoms with Crippen molar-refractivity contribution in [3.05, 3.63) is 11.6 Å². The summed E-state index contributed by atoms with van der Waals surface area (Å²) >= 11 is 0. The van der Waals surface area contributed by atoms with Gasteiger partial charge < -0.3 is 9.84 Å². The summed E-state index contributed by atoms with van der Waals surface area (Å²) < 4.78 is 4.78. The van der Waals surface area contributed by atoms with Gasteiger partial charge in [-0.25, -0.2) is 4.79 Å². The number of hydrogen-bond acceptors (Lipinski definition) is 3. The van der Waals surface area contributed by atoms with Crippen LogP contribution in [0.3, 0.4) is 0 Å². The van der Waals surface area contributed by atoms with Crippen LogP contribution in [0.4, 0.5) is 0 Å². The molecule has 13 heavy (non-hydrogen) atoms. The van der Waals surface area contributed by atoms with E-state index in [9.17, 15) is 4.79 Å². The number of carbonyl (C=O) groups is 1. The van der Waals surface area contributed by atoms with Gasteiger partial charge in [-0.3, -0.25) is 0 Å². The van der Waals surface area contributed by atoms with Crippen LogP contribution in [0.15, 0.2) is 11.6 Å². The lowest BCUT2D eigenvalue weighted by molar-refractivity contribution is -0.137. The number of aliphatic hydroxyl groups excluding tert-OH is 1. The van der Waals surface area contributed by atoms with Gasteiger partial charge in [-0.2, -0.15) is 0 Å². The van der Waals surface area contributed by atoms with E-state index >= 15 is 0 Å². The Kier molecular flexibility index (Phi) is 7.30. The highest BCUT2D eigenvalue weighted by molar-refractivity contribution is 5.82. The van der Waals surface area contributed by atoms with Gasteiger partial charge in [0.15, 0.2) is 0 Å². The molecule has 0 spiro atoms. The minimum atomic E-state index is -0.280. The molecule has 0 bridgehead atoms. The Morgan fingerprint density at radius 2 is 2.15 bits per heavy atom. The SMILES string of the molecule is CCOC(=O)/C=C(\CC)CCCO. The minimum Gasteiger partial charge on any atom is -0.463 e. The smallest absolute Gasteiger partial charge is 0.330 e. The van der Waals surface area contributed by atoms with Gasteiger partial charge >= 0.3 is 5.97 Å². The lowest BCUT2D eigenvalue weighted by atomic mass is 10.1. The summed E-state index contributed by atoms with van der Waals surface area (Å²) in [6.45, 7) is 4.35. The highest BCUT2D eigenvalue weighted by atomic mass is 16.5. The molecular weight excluding hydrogens is 168 g/mol. The van der Waals surface area contributed by atoms with Crippen molar-refractivity contribution in [2.45, 2.75) is 33.1 Å². The Morgan fingerprint density at radius 1 is 1.46 bits per heavy atom. The number of hydrogen-bond donors (Lipinski definition) is 1. The zero-order chi connectivity index (χ0) is 10.1. The monoisotopic (exact) mass is 186 g/mol. The molecule has 0 rings (SSSR count). The molecule has 0 radical (unpaired) electrons. The first-order valence-electron chi connectivity index (χ1n) is 4.71. The second-order valence-corrected chi connectivity index (χ2v) is 2.74. The van der Waals surface area contributed by atoms with E-state index in [1.807, 2.05) is 6.92 Å². The summed E-state index contributed by atoms with van der Waals surface area (Å²) in [4.78, 5) is 11.0. The molecule has 0 amide bonds. The van der Waals surface area contributed by atoms with Crippen LogP contribution in [0.25, 0.3) is 0 Å². The van der Waals surface area contributed by atoms with Crippen molar-refractivity contribution in [3.63, 3.8) is 0 Å². The van der Waals surface area contributed by atoms with Crippen molar-refractivity contribution < 1.29 is 14.6 Å². The molecule has 0 heterocycles. The van der Waals surface area contributed by atoms with Gasteiger partial charge in [0.1, 0.15) is 0 Å². The zero-order valence-corrected chi connectivity index (χ0v) is 8.38. The Morgan fingerprint density at radius 3 is 2.62 bits per heavy atom. The zero-order valence-electron chi connectivity index (χ0n) is 8.38. The summed E-state index contributed by atoms with van der Waals surface area (Å²) in [6, 6.07) is 0. The second-order valence-electron chi connectivity index (χ2n) is 2.74. The van der Waals surface area contributed by atoms with Crippen molar-refractivity contribution in [1.29, 1.82) is 0 Å². The fourth-order valence-electron chi connectivity index (χ4n) is 1.01. The highest BCUT2D eigenvalue weighted by Crippen LogP contribution is 2.08. The number of allylic oxidation sites excluding steroid dienone is 1. The molecule has 0 aromatic carbocycles. The Balaban J connectivity index is 3.96. The molecular formula is C10H18O3. The average molecular weight is 186 g/mol. The van der Waals surface area contributed by atoms with Gasteiger partial charge in [-0.15, -0.1) is 0 Å². The van der Waals surface area contributed by atoms with E-state index in [-0.39, 0.29) is 12.6 Å². The first-order chi connectivity index (χ1) is 6.24. The molecule has 1 N–H and O–H groups in total. The number of ether oxygens (including phenoxy) is 1. The molecule has 0 saturated heterocycles. The van der Waals surface area contributed by atoms with Crippen molar-refractivity contribution >= 4 is 5.97 Å². The topological polar surface area (TPSA) is 46.5 Å². The Hall–Kier alpha value is -0.830. The maximum Gasteiger partial charge on any atom is 0.330 e. The molecule has 0 aliphatic rings. The van der Waals surface area contributed by atoms with Crippen LogP contribution in [-0.4, -0.2) is 24.3 Å². The number of esters is 1. The lowest BCUT2D eigenvalue weighted by Crippen LogP contribution is -2.01. The molecule has 0 aromatic rings. The van der Waals surface area contributed by atoms with E-state index in [0.717, 1.165) is 18.4 Å². The molecule has 0 aromatic heterocycles. The van der Waals surface area contributed by atoms with Crippen molar-refractivity contribution in [2.75, 3.05) is 13.2 Å². The second kappa shape index (κ2) is 7.80. The van der Waals surface area contributed by atoms with Crippen LogP contribution < -0.4 is 0 Å². The van der Waals surface area contributed by atoms with Gasteiger partial charge in [0, 0.05) is 12.7 Å². The predicted molar refractivity (Wildman–Crippen MR) is 51.3 cm³/mol. The van der Waals surface area contributed by atoms with Gasteiger partial charge in [0.2, 0.25) is 0 Å². The average Bonchev–Trinajstić information content (AvgIpc) is 2.12. The Labute approximate surface area is 79.4 Å². The predicted octanol–water partition coefficient (Wildman–Crippen LogP) is 1.66. The van der Waals surface area contributed by atoms with Crippen molar-refractivity contribution in [2.24, 2.45) is 0 Å². The van der Waals surface area contributed by atoms with E-state index in [4.69, 9.17) is 9.84 Å². The van der Waals surface area contributed by atoms with Gasteiger partial charge in [0.05, 0.1) is 6.61 Å². The molecule has 76 valence electrons. The van der Waals surface area contributed by atoms with Crippen LogP contribution in [0, 0.1) is 0 Å². The van der Waals surface area contributed by atoms with Gasteiger partial charge in [-0.05, 0) is 26.2 Å². The fourth-order valence-corrected chi connectivity index (χ4v) is 1.01. The molecule has 0 saturated carbocycles. The third-order valence-electron chi connectivity index (χ3n) is 1.72. The molecule has 0 fully saturated rings. The van der Waals surface area contributed by atoms with Crippen LogP contribution in [0.2, 0.25) is 0 Å². The quantitative estimate of drug-likeness (QED) is 0.507. The van der Waals surface area contributed by atoms with E-state index < -0.39 is 0 Å². The Bertz CT molecular complexity index is 173. The third-order valence-corrected chi connectivity index (χ3v) is 1.72. The van der Waals surface area contributed by atoms with E-state index in [0.29, 0.717) is 13.0 Å². The highest BCUT2D eigenvalue weighted by Gasteiger charge is 2.00. The molecule has 0 atom stereocenters. The molecule has 0 aliphatic carbocycles. The molecule has 3 nitrogen and oxygen atoms in total.